The summed E-state index contributed by atoms with van der Waals surface area (Å²) in [6.45, 7) is 0.390. The number of benzene rings is 1. The number of hydrogen-bond donors (Lipinski definition) is 1. The topological polar surface area (TPSA) is 59.9 Å². The number of hydrogen-bond acceptors (Lipinski definition) is 6. The zero-order chi connectivity index (χ0) is 16.2. The highest BCUT2D eigenvalue weighted by molar-refractivity contribution is 7.09. The van der Waals surface area contributed by atoms with Crippen molar-refractivity contribution in [3.63, 3.8) is 0 Å². The lowest BCUT2D eigenvalue weighted by molar-refractivity contribution is 0.368. The van der Waals surface area contributed by atoms with E-state index in [1.165, 1.54) is 30.6 Å². The number of rotatable bonds is 5. The van der Waals surface area contributed by atoms with Crippen LogP contribution in [0, 0.1) is 11.6 Å². The van der Waals surface area contributed by atoms with E-state index in [1.807, 2.05) is 5.38 Å². The van der Waals surface area contributed by atoms with Crippen LogP contribution in [0.4, 0.5) is 14.7 Å². The summed E-state index contributed by atoms with van der Waals surface area (Å²) in [6, 6.07) is 6.14. The molecule has 1 N–H and O–H groups in total. The smallest absolute Gasteiger partial charge is 0.255 e. The lowest BCUT2D eigenvalue weighted by Gasteiger charge is -2.04. The van der Waals surface area contributed by atoms with Crippen molar-refractivity contribution in [2.45, 2.75) is 6.54 Å². The van der Waals surface area contributed by atoms with Gasteiger partial charge in [-0.1, -0.05) is 0 Å². The fourth-order valence-electron chi connectivity index (χ4n) is 1.88. The molecule has 0 aliphatic rings. The Morgan fingerprint density at radius 2 is 1.96 bits per heavy atom. The van der Waals surface area contributed by atoms with Crippen LogP contribution in [0.5, 0.6) is 5.88 Å². The number of aromatic nitrogens is 3. The van der Waals surface area contributed by atoms with E-state index in [2.05, 4.69) is 20.3 Å². The zero-order valence-electron chi connectivity index (χ0n) is 12.1. The number of thiazole rings is 1. The lowest BCUT2D eigenvalue weighted by Crippen LogP contribution is -2.05. The van der Waals surface area contributed by atoms with E-state index in [1.54, 1.807) is 12.1 Å². The normalized spacial score (nSPS) is 10.6. The molecule has 5 nitrogen and oxygen atoms in total. The third-order valence-corrected chi connectivity index (χ3v) is 3.84. The highest BCUT2D eigenvalue weighted by atomic mass is 32.1. The van der Waals surface area contributed by atoms with Crippen molar-refractivity contribution >= 4 is 17.3 Å². The van der Waals surface area contributed by atoms with E-state index in [9.17, 15) is 8.78 Å². The summed E-state index contributed by atoms with van der Waals surface area (Å²) >= 11 is 1.45. The summed E-state index contributed by atoms with van der Waals surface area (Å²) in [4.78, 5) is 12.2. The first-order chi connectivity index (χ1) is 11.2. The molecule has 0 radical (unpaired) electrons. The molecule has 0 saturated heterocycles. The average molecular weight is 334 g/mol. The Hall–Kier alpha value is -2.61. The first-order valence-electron chi connectivity index (χ1n) is 6.66. The molecule has 0 unspecified atom stereocenters. The highest BCUT2D eigenvalue weighted by Gasteiger charge is 2.08. The van der Waals surface area contributed by atoms with Crippen LogP contribution in [-0.2, 0) is 6.54 Å². The Labute approximate surface area is 135 Å². The molecule has 0 spiro atoms. The molecule has 8 heteroatoms. The SMILES string of the molecule is COc1nc(NCc2nc(-c3ccc(F)cc3)cs2)ncc1F. The Morgan fingerprint density at radius 1 is 1.17 bits per heavy atom. The second-order valence-corrected chi connectivity index (χ2v) is 5.48. The van der Waals surface area contributed by atoms with Crippen LogP contribution in [0.15, 0.2) is 35.8 Å². The van der Waals surface area contributed by atoms with Crippen LogP contribution in [0.3, 0.4) is 0 Å². The summed E-state index contributed by atoms with van der Waals surface area (Å²) in [6.07, 6.45) is 1.04. The van der Waals surface area contributed by atoms with Crippen LogP contribution in [0.1, 0.15) is 5.01 Å². The van der Waals surface area contributed by atoms with Gasteiger partial charge in [0.25, 0.3) is 5.88 Å². The number of nitrogens with one attached hydrogen (secondary N) is 1. The van der Waals surface area contributed by atoms with E-state index in [0.717, 1.165) is 22.5 Å². The molecule has 0 aliphatic heterocycles. The zero-order valence-corrected chi connectivity index (χ0v) is 12.9. The summed E-state index contributed by atoms with van der Waals surface area (Å²) in [7, 11) is 1.34. The molecule has 0 fully saturated rings. The predicted octanol–water partition coefficient (Wildman–Crippen LogP) is 3.50. The molecular formula is C15H12F2N4OS. The van der Waals surface area contributed by atoms with Crippen molar-refractivity contribution < 1.29 is 13.5 Å². The van der Waals surface area contributed by atoms with E-state index in [0.29, 0.717) is 6.54 Å². The first kappa shape index (κ1) is 15.3. The molecule has 0 aliphatic carbocycles. The van der Waals surface area contributed by atoms with E-state index < -0.39 is 5.82 Å². The molecule has 0 amide bonds. The Bertz CT molecular complexity index is 807. The third kappa shape index (κ3) is 3.59. The number of nitrogens with zero attached hydrogens (tertiary/aromatic N) is 3. The molecule has 0 saturated carbocycles. The molecule has 3 rings (SSSR count). The molecule has 2 aromatic heterocycles. The minimum atomic E-state index is -0.620. The van der Waals surface area contributed by atoms with E-state index in [4.69, 9.17) is 4.74 Å². The fraction of sp³-hybridized carbons (Fsp3) is 0.133. The Kier molecular flexibility index (Phi) is 4.42. The van der Waals surface area contributed by atoms with Gasteiger partial charge in [0.05, 0.1) is 25.5 Å². The lowest BCUT2D eigenvalue weighted by atomic mass is 10.2. The van der Waals surface area contributed by atoms with Crippen molar-refractivity contribution in [2.24, 2.45) is 0 Å². The minimum absolute atomic E-state index is 0.117. The largest absolute Gasteiger partial charge is 0.479 e. The standard InChI is InChI=1S/C15H12F2N4OS/c1-22-14-11(17)6-18-15(21-14)19-7-13-20-12(8-23-13)9-2-4-10(16)5-3-9/h2-6,8H,7H2,1H3,(H,18,19,21). The average Bonchev–Trinajstić information content (AvgIpc) is 3.04. The molecule has 2 heterocycles. The Morgan fingerprint density at radius 3 is 2.70 bits per heavy atom. The van der Waals surface area contributed by atoms with Gasteiger partial charge in [-0.15, -0.1) is 11.3 Å². The molecule has 3 aromatic rings. The molecule has 0 bridgehead atoms. The minimum Gasteiger partial charge on any atom is -0.479 e. The van der Waals surface area contributed by atoms with Crippen molar-refractivity contribution in [2.75, 3.05) is 12.4 Å². The van der Waals surface area contributed by atoms with Gasteiger partial charge in [-0.2, -0.15) is 9.37 Å². The summed E-state index contributed by atoms with van der Waals surface area (Å²) in [5, 5.41) is 5.64. The van der Waals surface area contributed by atoms with Crippen molar-refractivity contribution in [3.05, 3.63) is 52.5 Å². The van der Waals surface area contributed by atoms with Crippen LogP contribution in [0.2, 0.25) is 0 Å². The van der Waals surface area contributed by atoms with Crippen LogP contribution in [-0.4, -0.2) is 22.1 Å². The van der Waals surface area contributed by atoms with Gasteiger partial charge >= 0.3 is 0 Å². The summed E-state index contributed by atoms with van der Waals surface area (Å²) < 4.78 is 31.0. The number of ether oxygens (including phenoxy) is 1. The van der Waals surface area contributed by atoms with Gasteiger partial charge in [-0.25, -0.2) is 14.4 Å². The molecule has 1 aromatic carbocycles. The highest BCUT2D eigenvalue weighted by Crippen LogP contribution is 2.22. The summed E-state index contributed by atoms with van der Waals surface area (Å²) in [5.74, 6) is -0.769. The van der Waals surface area contributed by atoms with Gasteiger partial charge < -0.3 is 10.1 Å². The predicted molar refractivity (Wildman–Crippen MR) is 83.4 cm³/mol. The second-order valence-electron chi connectivity index (χ2n) is 4.54. The number of halogens is 2. The maximum absolute atomic E-state index is 13.2. The van der Waals surface area contributed by atoms with Gasteiger partial charge in [0.2, 0.25) is 11.8 Å². The van der Waals surface area contributed by atoms with Gasteiger partial charge in [0.15, 0.2) is 0 Å². The number of methoxy groups -OCH3 is 1. The summed E-state index contributed by atoms with van der Waals surface area (Å²) in [5.41, 5.74) is 1.61. The molecular weight excluding hydrogens is 322 g/mol. The van der Waals surface area contributed by atoms with Crippen molar-refractivity contribution in [1.82, 2.24) is 15.0 Å². The second kappa shape index (κ2) is 6.66. The van der Waals surface area contributed by atoms with Gasteiger partial charge in [0, 0.05) is 10.9 Å². The van der Waals surface area contributed by atoms with Crippen LogP contribution >= 0.6 is 11.3 Å². The van der Waals surface area contributed by atoms with Gasteiger partial charge in [0.1, 0.15) is 10.8 Å². The maximum Gasteiger partial charge on any atom is 0.255 e. The van der Waals surface area contributed by atoms with E-state index >= 15 is 0 Å². The third-order valence-electron chi connectivity index (χ3n) is 2.99. The van der Waals surface area contributed by atoms with Crippen LogP contribution in [0.25, 0.3) is 11.3 Å². The number of anilines is 1. The molecule has 0 atom stereocenters. The van der Waals surface area contributed by atoms with Gasteiger partial charge in [-0.05, 0) is 24.3 Å². The Balaban J connectivity index is 1.68. The molecule has 118 valence electrons. The van der Waals surface area contributed by atoms with Gasteiger partial charge in [-0.3, -0.25) is 0 Å². The fourth-order valence-corrected chi connectivity index (χ4v) is 2.62. The quantitative estimate of drug-likeness (QED) is 0.774. The van der Waals surface area contributed by atoms with Crippen molar-refractivity contribution in [1.29, 1.82) is 0 Å². The van der Waals surface area contributed by atoms with Crippen molar-refractivity contribution in [3.8, 4) is 17.1 Å². The maximum atomic E-state index is 13.2. The molecule has 23 heavy (non-hydrogen) atoms. The first-order valence-corrected chi connectivity index (χ1v) is 7.54. The van der Waals surface area contributed by atoms with E-state index in [-0.39, 0.29) is 17.6 Å². The monoisotopic (exact) mass is 334 g/mol. The van der Waals surface area contributed by atoms with Crippen LogP contribution < -0.4 is 10.1 Å².